The van der Waals surface area contributed by atoms with Crippen LogP contribution in [0.25, 0.3) is 49.8 Å². The quantitative estimate of drug-likeness (QED) is 0.164. The lowest BCUT2D eigenvalue weighted by Gasteiger charge is -2.42. The predicted octanol–water partition coefficient (Wildman–Crippen LogP) is 16.4. The number of aryl methyl sites for hydroxylation is 2. The Morgan fingerprint density at radius 1 is 0.514 bits per heavy atom. The van der Waals surface area contributed by atoms with Crippen molar-refractivity contribution in [3.63, 3.8) is 0 Å². The average Bonchev–Trinajstić information content (AvgIpc) is 3.97. The van der Waals surface area contributed by atoms with Gasteiger partial charge in [-0.05, 0) is 140 Å². The smallest absolute Gasteiger partial charge is 0.252 e. The minimum Gasteiger partial charge on any atom is -0.454 e. The molecule has 0 saturated heterocycles. The van der Waals surface area contributed by atoms with E-state index in [2.05, 4.69) is 256 Å². The van der Waals surface area contributed by atoms with Crippen LogP contribution in [-0.4, -0.2) is 11.3 Å². The summed E-state index contributed by atoms with van der Waals surface area (Å²) in [6.45, 7) is 30.4. The summed E-state index contributed by atoms with van der Waals surface area (Å²) in [7, 11) is 0. The number of nitrogens with zero attached hydrogens (tertiary/aromatic N) is 3. The van der Waals surface area contributed by atoms with Gasteiger partial charge in [-0.3, -0.25) is 0 Å². The highest BCUT2D eigenvalue weighted by Crippen LogP contribution is 2.56. The van der Waals surface area contributed by atoms with Crippen molar-refractivity contribution in [2.75, 3.05) is 9.80 Å². The van der Waals surface area contributed by atoms with E-state index >= 15 is 0 Å². The maximum Gasteiger partial charge on any atom is 0.252 e. The summed E-state index contributed by atoms with van der Waals surface area (Å²) < 4.78 is 9.96. The number of furan rings is 1. The third-order valence-electron chi connectivity index (χ3n) is 16.6. The van der Waals surface area contributed by atoms with Crippen LogP contribution in [0.2, 0.25) is 0 Å². The number of para-hydroxylation sites is 3. The zero-order chi connectivity index (χ0) is 50.1. The molecule has 0 unspecified atom stereocenters. The molecule has 0 fully saturated rings. The third-order valence-corrected chi connectivity index (χ3v) is 16.6. The van der Waals surface area contributed by atoms with Gasteiger partial charge < -0.3 is 18.8 Å². The van der Waals surface area contributed by atoms with E-state index in [4.69, 9.17) is 4.42 Å². The van der Waals surface area contributed by atoms with Crippen molar-refractivity contribution in [3.8, 4) is 16.9 Å². The fourth-order valence-electron chi connectivity index (χ4n) is 12.8. The van der Waals surface area contributed by atoms with Crippen molar-refractivity contribution in [2.45, 2.75) is 112 Å². The van der Waals surface area contributed by atoms with Crippen molar-refractivity contribution in [1.29, 1.82) is 0 Å². The molecule has 0 atom stereocenters. The average molecular weight is 938 g/mol. The van der Waals surface area contributed by atoms with Crippen LogP contribution in [0, 0.1) is 13.8 Å². The van der Waals surface area contributed by atoms with Crippen LogP contribution in [0.1, 0.15) is 115 Å². The molecule has 2 aromatic heterocycles. The van der Waals surface area contributed by atoms with Gasteiger partial charge >= 0.3 is 0 Å². The zero-order valence-electron chi connectivity index (χ0n) is 44.3. The molecule has 0 N–H and O–H groups in total. The van der Waals surface area contributed by atoms with Gasteiger partial charge in [0.05, 0.1) is 11.4 Å². The van der Waals surface area contributed by atoms with Gasteiger partial charge in [0.2, 0.25) is 0 Å². The van der Waals surface area contributed by atoms with Crippen molar-refractivity contribution in [1.82, 2.24) is 4.57 Å². The van der Waals surface area contributed by atoms with Crippen molar-refractivity contribution in [2.24, 2.45) is 0 Å². The lowest BCUT2D eigenvalue weighted by molar-refractivity contribution is 0.587. The van der Waals surface area contributed by atoms with Crippen LogP contribution >= 0.6 is 0 Å². The lowest BCUT2D eigenvalue weighted by atomic mass is 9.33. The number of fused-ring (bicyclic) bond motifs is 12. The zero-order valence-corrected chi connectivity index (χ0v) is 44.3. The van der Waals surface area contributed by atoms with Gasteiger partial charge in [-0.1, -0.05) is 173 Å². The van der Waals surface area contributed by atoms with E-state index in [1.807, 2.05) is 0 Å². The predicted molar refractivity (Wildman–Crippen MR) is 308 cm³/mol. The Morgan fingerprint density at radius 3 is 1.83 bits per heavy atom. The molecular weight excluding hydrogens is 874 g/mol. The summed E-state index contributed by atoms with van der Waals surface area (Å²) in [5, 5.41) is 3.62. The van der Waals surface area contributed by atoms with E-state index in [9.17, 15) is 0 Å². The minimum absolute atomic E-state index is 0.0251. The molecule has 4 heterocycles. The van der Waals surface area contributed by atoms with Crippen LogP contribution in [0.4, 0.5) is 34.1 Å². The monoisotopic (exact) mass is 938 g/mol. The molecule has 0 saturated carbocycles. The number of benzene rings is 8. The molecule has 8 aromatic carbocycles. The molecule has 3 aliphatic rings. The molecule has 72 heavy (non-hydrogen) atoms. The second kappa shape index (κ2) is 14.9. The van der Waals surface area contributed by atoms with Gasteiger partial charge in [0.1, 0.15) is 5.58 Å². The summed E-state index contributed by atoms with van der Waals surface area (Å²) in [5.41, 5.74) is 26.6. The van der Waals surface area contributed by atoms with Crippen molar-refractivity contribution < 1.29 is 4.42 Å². The Labute approximate surface area is 426 Å². The third kappa shape index (κ3) is 6.25. The van der Waals surface area contributed by atoms with E-state index in [0.29, 0.717) is 0 Å². The van der Waals surface area contributed by atoms with Crippen LogP contribution in [-0.2, 0) is 21.7 Å². The van der Waals surface area contributed by atoms with Gasteiger partial charge in [-0.2, -0.15) is 0 Å². The molecule has 4 nitrogen and oxygen atoms in total. The van der Waals surface area contributed by atoms with Gasteiger partial charge in [0.15, 0.2) is 5.58 Å². The van der Waals surface area contributed by atoms with Crippen LogP contribution in [0.5, 0.6) is 0 Å². The highest BCUT2D eigenvalue weighted by Gasteiger charge is 2.48. The first-order valence-corrected chi connectivity index (χ1v) is 26.0. The maximum atomic E-state index is 7.25. The van der Waals surface area contributed by atoms with Crippen molar-refractivity contribution in [3.05, 3.63) is 191 Å². The number of hydrogen-bond acceptors (Lipinski definition) is 3. The number of hydrogen-bond donors (Lipinski definition) is 0. The van der Waals surface area contributed by atoms with E-state index in [-0.39, 0.29) is 28.4 Å². The fourth-order valence-corrected chi connectivity index (χ4v) is 12.8. The highest BCUT2D eigenvalue weighted by atomic mass is 16.3. The first-order chi connectivity index (χ1) is 34.2. The van der Waals surface area contributed by atoms with Crippen LogP contribution in [0.3, 0.4) is 0 Å². The molecule has 10 aromatic rings. The summed E-state index contributed by atoms with van der Waals surface area (Å²) >= 11 is 0. The maximum absolute atomic E-state index is 7.25. The van der Waals surface area contributed by atoms with Gasteiger partial charge in [-0.25, -0.2) is 0 Å². The molecule has 0 radical (unpaired) electrons. The second-order valence-corrected chi connectivity index (χ2v) is 24.8. The number of anilines is 6. The summed E-state index contributed by atoms with van der Waals surface area (Å²) in [6, 6.07) is 57.9. The van der Waals surface area contributed by atoms with E-state index in [0.717, 1.165) is 50.4 Å². The Morgan fingerprint density at radius 2 is 1.15 bits per heavy atom. The SMILES string of the molecule is Cc1ccccc1N(c1ccc2c(c1)N(c1cccc3c1oc1cc(C(C)(C)C)ccc13)c1cc(C(C)(C)C)cc3c1B2c1cc(C(C)(C)C)cc2c4c(n-3c12)-c1ccccc1C4(C)C)c1ccccc1C. The Balaban J connectivity index is 1.20. The number of aromatic nitrogens is 1. The molecule has 0 bridgehead atoms. The van der Waals surface area contributed by atoms with Crippen LogP contribution < -0.4 is 26.2 Å². The van der Waals surface area contributed by atoms with Gasteiger partial charge in [-0.15, -0.1) is 0 Å². The number of rotatable bonds is 4. The molecule has 0 spiro atoms. The molecule has 13 rings (SSSR count). The minimum atomic E-state index is -0.203. The fraction of sp³-hybridized carbons (Fsp3) is 0.254. The highest BCUT2D eigenvalue weighted by molar-refractivity contribution is 7.00. The second-order valence-electron chi connectivity index (χ2n) is 24.8. The lowest BCUT2D eigenvalue weighted by Crippen LogP contribution is -2.60. The Kier molecular flexibility index (Phi) is 9.26. The summed E-state index contributed by atoms with van der Waals surface area (Å²) in [4.78, 5) is 5.06. The molecule has 2 aliphatic heterocycles. The molecule has 5 heteroatoms. The first kappa shape index (κ1) is 44.7. The van der Waals surface area contributed by atoms with E-state index in [1.165, 1.54) is 88.9 Å². The Hall–Kier alpha value is -7.24. The van der Waals surface area contributed by atoms with Gasteiger partial charge in [0.25, 0.3) is 6.71 Å². The molecule has 356 valence electrons. The molecular formula is C67H64BN3O. The van der Waals surface area contributed by atoms with E-state index < -0.39 is 0 Å². The van der Waals surface area contributed by atoms with E-state index in [1.54, 1.807) is 0 Å². The summed E-state index contributed by atoms with van der Waals surface area (Å²) in [6.07, 6.45) is 0. The van der Waals surface area contributed by atoms with Crippen molar-refractivity contribution >= 4 is 90.1 Å². The molecule has 0 amide bonds. The first-order valence-electron chi connectivity index (χ1n) is 26.0. The van der Waals surface area contributed by atoms with Crippen LogP contribution in [0.15, 0.2) is 156 Å². The normalized spacial score (nSPS) is 14.5. The summed E-state index contributed by atoms with van der Waals surface area (Å²) in [5.74, 6) is 0. The Bertz CT molecular complexity index is 3910. The van der Waals surface area contributed by atoms with Gasteiger partial charge in [0, 0.05) is 66.8 Å². The largest absolute Gasteiger partial charge is 0.454 e. The molecule has 1 aliphatic carbocycles. The standard InChI is InChI=1S/C67H64BN3O/c1-39-21-14-18-26-52(39)69(53-27-19-15-22-40(53)2)44-30-32-50-55(38-44)70(54-28-20-24-46-45-31-29-41(64(3,4)5)37-58(45)72-63(46)54)56-35-43(66(9,10)11)36-57-60(56)68(50)51-34-42(65(6,7)8)33-48-59-62(71(57)61(48)51)47-23-16-17-25-49(47)67(59,12)13/h14-38H,1-13H3. The topological polar surface area (TPSA) is 24.6 Å².